The number of nitrogens with one attached hydrogen (secondary N) is 1. The van der Waals surface area contributed by atoms with Crippen LogP contribution in [0, 0.1) is 0 Å². The summed E-state index contributed by atoms with van der Waals surface area (Å²) < 4.78 is 34.5. The van der Waals surface area contributed by atoms with E-state index in [1.807, 2.05) is 0 Å². The van der Waals surface area contributed by atoms with Crippen LogP contribution in [0.4, 0.5) is 0 Å². The summed E-state index contributed by atoms with van der Waals surface area (Å²) in [6, 6.07) is 8.21. The molecule has 5 nitrogen and oxygen atoms in total. The minimum Gasteiger partial charge on any atom is -0.493 e. The van der Waals surface area contributed by atoms with Crippen molar-refractivity contribution >= 4 is 20.6 Å². The van der Waals surface area contributed by atoms with E-state index in [2.05, 4.69) is 0 Å². The molecule has 2 aromatic rings. The van der Waals surface area contributed by atoms with Crippen LogP contribution >= 0.6 is 0 Å². The van der Waals surface area contributed by atoms with Gasteiger partial charge in [0.25, 0.3) is 0 Å². The summed E-state index contributed by atoms with van der Waals surface area (Å²) in [6.07, 6.45) is 0. The largest absolute Gasteiger partial charge is 0.493 e. The first-order chi connectivity index (χ1) is 9.41. The summed E-state index contributed by atoms with van der Waals surface area (Å²) in [7, 11) is -0.528. The number of hydrogen-bond donors (Lipinski definition) is 0. The van der Waals surface area contributed by atoms with E-state index >= 15 is 0 Å². The van der Waals surface area contributed by atoms with E-state index in [1.54, 1.807) is 31.4 Å². The second kappa shape index (κ2) is 5.30. The molecule has 1 unspecified atom stereocenters. The van der Waals surface area contributed by atoms with Gasteiger partial charge < -0.3 is 9.47 Å². The summed E-state index contributed by atoms with van der Waals surface area (Å²) in [5, 5.41) is 0.299. The number of benzene rings is 2. The Kier molecular flexibility index (Phi) is 3.87. The van der Waals surface area contributed by atoms with E-state index < -0.39 is 15.2 Å². The summed E-state index contributed by atoms with van der Waals surface area (Å²) >= 11 is 0. The van der Waals surface area contributed by atoms with Crippen molar-refractivity contribution in [3.8, 4) is 11.5 Å². The second-order valence-corrected chi connectivity index (χ2v) is 6.64. The Morgan fingerprint density at radius 2 is 1.80 bits per heavy atom. The Hall–Kier alpha value is -1.79. The summed E-state index contributed by atoms with van der Waals surface area (Å²) in [6.45, 7) is 1.34. The number of sulfone groups is 1. The van der Waals surface area contributed by atoms with Crippen molar-refractivity contribution in [1.29, 1.82) is 0 Å². The van der Waals surface area contributed by atoms with Gasteiger partial charge in [-0.3, -0.25) is 0 Å². The van der Waals surface area contributed by atoms with Crippen LogP contribution in [0.5, 0.6) is 11.5 Å². The van der Waals surface area contributed by atoms with Crippen molar-refractivity contribution < 1.29 is 17.9 Å². The maximum atomic E-state index is 12.0. The van der Waals surface area contributed by atoms with Crippen molar-refractivity contribution in [1.82, 2.24) is 5.73 Å². The Bertz CT molecular complexity index is 738. The van der Waals surface area contributed by atoms with Crippen LogP contribution < -0.4 is 15.2 Å². The van der Waals surface area contributed by atoms with Crippen molar-refractivity contribution in [2.45, 2.75) is 17.2 Å². The van der Waals surface area contributed by atoms with E-state index in [-0.39, 0.29) is 4.90 Å². The zero-order valence-corrected chi connectivity index (χ0v) is 12.3. The highest BCUT2D eigenvalue weighted by Crippen LogP contribution is 2.36. The first-order valence-corrected chi connectivity index (χ1v) is 7.56. The molecule has 0 aliphatic carbocycles. The summed E-state index contributed by atoms with van der Waals surface area (Å²) in [4.78, 5) is 0.139. The van der Waals surface area contributed by atoms with Crippen LogP contribution in [-0.2, 0) is 9.84 Å². The predicted molar refractivity (Wildman–Crippen MR) is 76.8 cm³/mol. The topological polar surface area (TPSA) is 76.4 Å². The van der Waals surface area contributed by atoms with Crippen LogP contribution in [0.2, 0.25) is 0 Å². The molecular weight excluding hydrogens is 278 g/mol. The van der Waals surface area contributed by atoms with E-state index in [4.69, 9.17) is 15.2 Å². The van der Waals surface area contributed by atoms with Crippen LogP contribution in [-0.4, -0.2) is 28.0 Å². The molecule has 2 aromatic carbocycles. The zero-order valence-electron chi connectivity index (χ0n) is 11.5. The molecule has 0 amide bonds. The first-order valence-electron chi connectivity index (χ1n) is 6.01. The SMILES string of the molecule is COc1ccc2cc(S(=O)(=O)C(C)[NH])ccc2c1OC. The highest BCUT2D eigenvalue weighted by atomic mass is 32.2. The molecule has 2 rings (SSSR count). The lowest BCUT2D eigenvalue weighted by Crippen LogP contribution is -2.18. The molecule has 0 aliphatic heterocycles. The van der Waals surface area contributed by atoms with Crippen LogP contribution in [0.25, 0.3) is 10.8 Å². The molecule has 0 aromatic heterocycles. The molecule has 0 fully saturated rings. The van der Waals surface area contributed by atoms with E-state index in [9.17, 15) is 8.42 Å². The van der Waals surface area contributed by atoms with Gasteiger partial charge in [0.1, 0.15) is 5.37 Å². The highest BCUT2D eigenvalue weighted by molar-refractivity contribution is 7.92. The maximum Gasteiger partial charge on any atom is 0.195 e. The number of ether oxygens (including phenoxy) is 2. The molecular formula is C14H16NO4S. The Labute approximate surface area is 118 Å². The standard InChI is InChI=1S/C14H16NO4S/c1-9(15)20(16,17)11-5-6-12-10(8-11)4-7-13(18-2)14(12)19-3/h4-9,15H,1-3H3. The molecule has 0 saturated carbocycles. The van der Waals surface area contributed by atoms with Crippen LogP contribution in [0.15, 0.2) is 35.2 Å². The molecule has 0 aliphatic rings. The minimum atomic E-state index is -3.61. The number of fused-ring (bicyclic) bond motifs is 1. The fourth-order valence-corrected chi connectivity index (χ4v) is 2.97. The lowest BCUT2D eigenvalue weighted by molar-refractivity contribution is 0.358. The Morgan fingerprint density at radius 3 is 2.35 bits per heavy atom. The molecule has 0 heterocycles. The third-order valence-corrected chi connectivity index (χ3v) is 4.97. The van der Waals surface area contributed by atoms with Crippen LogP contribution in [0.1, 0.15) is 6.92 Å². The van der Waals surface area contributed by atoms with Gasteiger partial charge in [0.05, 0.1) is 19.1 Å². The lowest BCUT2D eigenvalue weighted by Gasteiger charge is -2.12. The van der Waals surface area contributed by atoms with Gasteiger partial charge in [0, 0.05) is 5.39 Å². The highest BCUT2D eigenvalue weighted by Gasteiger charge is 2.21. The smallest absolute Gasteiger partial charge is 0.195 e. The van der Waals surface area contributed by atoms with Crippen molar-refractivity contribution in [2.24, 2.45) is 0 Å². The number of methoxy groups -OCH3 is 2. The minimum absolute atomic E-state index is 0.139. The van der Waals surface area contributed by atoms with Gasteiger partial charge in [-0.2, -0.15) is 0 Å². The molecule has 1 radical (unpaired) electrons. The Morgan fingerprint density at radius 1 is 1.10 bits per heavy atom. The maximum absolute atomic E-state index is 12.0. The molecule has 20 heavy (non-hydrogen) atoms. The molecule has 107 valence electrons. The third kappa shape index (κ3) is 2.32. The molecule has 6 heteroatoms. The summed E-state index contributed by atoms with van der Waals surface area (Å²) in [5.41, 5.74) is 7.44. The zero-order chi connectivity index (χ0) is 14.9. The second-order valence-electron chi connectivity index (χ2n) is 4.37. The first kappa shape index (κ1) is 14.6. The molecule has 0 bridgehead atoms. The third-order valence-electron chi connectivity index (χ3n) is 3.12. The van der Waals surface area contributed by atoms with Crippen molar-refractivity contribution in [3.63, 3.8) is 0 Å². The number of hydrogen-bond acceptors (Lipinski definition) is 4. The van der Waals surface area contributed by atoms with Gasteiger partial charge in [0.15, 0.2) is 21.3 Å². The van der Waals surface area contributed by atoms with Crippen LogP contribution in [0.3, 0.4) is 0 Å². The van der Waals surface area contributed by atoms with Crippen molar-refractivity contribution in [3.05, 3.63) is 30.3 Å². The predicted octanol–water partition coefficient (Wildman–Crippen LogP) is 2.26. The van der Waals surface area contributed by atoms with Gasteiger partial charge in [-0.1, -0.05) is 6.07 Å². The molecule has 1 atom stereocenters. The monoisotopic (exact) mass is 294 g/mol. The van der Waals surface area contributed by atoms with E-state index in [0.29, 0.717) is 11.5 Å². The van der Waals surface area contributed by atoms with Gasteiger partial charge in [-0.25, -0.2) is 14.2 Å². The summed E-state index contributed by atoms with van der Waals surface area (Å²) in [5.74, 6) is 1.15. The van der Waals surface area contributed by atoms with E-state index in [1.165, 1.54) is 20.1 Å². The molecule has 0 spiro atoms. The van der Waals surface area contributed by atoms with Gasteiger partial charge in [-0.15, -0.1) is 0 Å². The average Bonchev–Trinajstić information content (AvgIpc) is 2.44. The number of rotatable bonds is 4. The molecule has 1 N–H and O–H groups in total. The fourth-order valence-electron chi connectivity index (χ4n) is 2.01. The normalized spacial score (nSPS) is 13.2. The van der Waals surface area contributed by atoms with E-state index in [0.717, 1.165) is 10.8 Å². The average molecular weight is 294 g/mol. The Balaban J connectivity index is 2.69. The quantitative estimate of drug-likeness (QED) is 0.866. The lowest BCUT2D eigenvalue weighted by atomic mass is 10.1. The molecule has 0 saturated heterocycles. The van der Waals surface area contributed by atoms with Crippen molar-refractivity contribution in [2.75, 3.05) is 14.2 Å². The van der Waals surface area contributed by atoms with Gasteiger partial charge >= 0.3 is 0 Å². The van der Waals surface area contributed by atoms with Gasteiger partial charge in [0.2, 0.25) is 0 Å². The van der Waals surface area contributed by atoms with Gasteiger partial charge in [-0.05, 0) is 36.6 Å². The fraction of sp³-hybridized carbons (Fsp3) is 0.286.